The first-order valence-electron chi connectivity index (χ1n) is 3.22. The van der Waals surface area contributed by atoms with Gasteiger partial charge in [-0.1, -0.05) is 0 Å². The van der Waals surface area contributed by atoms with E-state index in [9.17, 15) is 4.79 Å². The van der Waals surface area contributed by atoms with E-state index in [0.717, 1.165) is 0 Å². The molecule has 0 amide bonds. The van der Waals surface area contributed by atoms with Gasteiger partial charge in [0.15, 0.2) is 0 Å². The molecule has 63 valence electrons. The van der Waals surface area contributed by atoms with E-state index in [4.69, 9.17) is 0 Å². The van der Waals surface area contributed by atoms with Gasteiger partial charge in [-0.15, -0.1) is 0 Å². The topological polar surface area (TPSA) is 45.8 Å². The molecule has 0 unspecified atom stereocenters. The second-order valence-electron chi connectivity index (χ2n) is 2.16. The first kappa shape index (κ1) is 9.07. The van der Waals surface area contributed by atoms with Crippen molar-refractivity contribution in [1.29, 1.82) is 0 Å². The van der Waals surface area contributed by atoms with Crippen molar-refractivity contribution in [3.8, 4) is 0 Å². The Hall–Kier alpha value is -1.02. The first-order chi connectivity index (χ1) is 5.38. The van der Waals surface area contributed by atoms with Gasteiger partial charge in [0, 0.05) is 19.5 Å². The molecule has 1 aromatic carbocycles. The van der Waals surface area contributed by atoms with Gasteiger partial charge in [-0.25, -0.2) is 0 Å². The van der Waals surface area contributed by atoms with Gasteiger partial charge in [-0.2, -0.15) is 24.3 Å². The van der Waals surface area contributed by atoms with Crippen molar-refractivity contribution in [2.75, 3.05) is 0 Å². The van der Waals surface area contributed by atoms with Crippen molar-refractivity contribution in [3.63, 3.8) is 0 Å². The molecule has 2 rings (SSSR count). The van der Waals surface area contributed by atoms with Crippen LogP contribution in [-0.4, -0.2) is 9.97 Å². The van der Waals surface area contributed by atoms with Crippen LogP contribution in [0.25, 0.3) is 10.9 Å². The Bertz CT molecular complexity index is 433. The molecule has 0 fully saturated rings. The fourth-order valence-corrected chi connectivity index (χ4v) is 0.951. The van der Waals surface area contributed by atoms with E-state index >= 15 is 0 Å². The SMILES string of the molecule is O=c1[nH]cnc2[c-]cccc12.[Rh]. The Kier molecular flexibility index (Phi) is 2.71. The zero-order valence-electron chi connectivity index (χ0n) is 6.00. The van der Waals surface area contributed by atoms with Crippen LogP contribution in [0.5, 0.6) is 0 Å². The molecule has 4 heteroatoms. The van der Waals surface area contributed by atoms with Crippen LogP contribution < -0.4 is 5.56 Å². The smallest absolute Gasteiger partial charge is 0.202 e. The van der Waals surface area contributed by atoms with E-state index in [1.807, 2.05) is 0 Å². The van der Waals surface area contributed by atoms with Gasteiger partial charge >= 0.3 is 0 Å². The number of rotatable bonds is 0. The predicted octanol–water partition coefficient (Wildman–Crippen LogP) is 0.721. The van der Waals surface area contributed by atoms with Crippen molar-refractivity contribution in [1.82, 2.24) is 9.97 Å². The fraction of sp³-hybridized carbons (Fsp3) is 0. The molecule has 0 aliphatic heterocycles. The third kappa shape index (κ3) is 1.43. The van der Waals surface area contributed by atoms with Crippen LogP contribution in [0.3, 0.4) is 0 Å². The number of hydrogen-bond acceptors (Lipinski definition) is 2. The van der Waals surface area contributed by atoms with Crippen LogP contribution in [0.4, 0.5) is 0 Å². The van der Waals surface area contributed by atoms with Crippen LogP contribution in [0, 0.1) is 6.07 Å². The van der Waals surface area contributed by atoms with Crippen molar-refractivity contribution >= 4 is 10.9 Å². The maximum Gasteiger partial charge on any atom is 0.202 e. The second kappa shape index (κ2) is 3.59. The molecule has 0 saturated carbocycles. The molecular formula is C8H5N2ORh-. The van der Waals surface area contributed by atoms with Crippen LogP contribution in [0.15, 0.2) is 29.3 Å². The number of benzene rings is 1. The summed E-state index contributed by atoms with van der Waals surface area (Å²) in [5.74, 6) is 0. The summed E-state index contributed by atoms with van der Waals surface area (Å²) in [6.07, 6.45) is 1.38. The van der Waals surface area contributed by atoms with Gasteiger partial charge in [-0.05, 0) is 10.9 Å². The van der Waals surface area contributed by atoms with E-state index in [1.54, 1.807) is 18.2 Å². The summed E-state index contributed by atoms with van der Waals surface area (Å²) in [6, 6.07) is 8.07. The molecule has 2 aromatic rings. The number of hydrogen-bond donors (Lipinski definition) is 1. The summed E-state index contributed by atoms with van der Waals surface area (Å²) in [6.45, 7) is 0. The Morgan fingerprint density at radius 3 is 3.08 bits per heavy atom. The number of aromatic amines is 1. The van der Waals surface area contributed by atoms with Gasteiger partial charge < -0.3 is 4.98 Å². The Labute approximate surface area is 81.6 Å². The molecule has 0 bridgehead atoms. The van der Waals surface area contributed by atoms with E-state index in [2.05, 4.69) is 16.0 Å². The minimum absolute atomic E-state index is 0. The van der Waals surface area contributed by atoms with Crippen LogP contribution >= 0.6 is 0 Å². The monoisotopic (exact) mass is 248 g/mol. The summed E-state index contributed by atoms with van der Waals surface area (Å²) in [5.41, 5.74) is 0.489. The second-order valence-corrected chi connectivity index (χ2v) is 2.16. The number of nitrogens with one attached hydrogen (secondary N) is 1. The van der Waals surface area contributed by atoms with Crippen molar-refractivity contribution in [2.45, 2.75) is 0 Å². The summed E-state index contributed by atoms with van der Waals surface area (Å²) in [7, 11) is 0. The quantitative estimate of drug-likeness (QED) is 0.551. The largest absolute Gasteiger partial charge is 0.323 e. The molecule has 3 nitrogen and oxygen atoms in total. The van der Waals surface area contributed by atoms with Gasteiger partial charge in [0.25, 0.3) is 0 Å². The van der Waals surface area contributed by atoms with Gasteiger partial charge in [0.05, 0.1) is 6.33 Å². The predicted molar refractivity (Wildman–Crippen MR) is 41.2 cm³/mol. The Morgan fingerprint density at radius 2 is 2.33 bits per heavy atom. The van der Waals surface area contributed by atoms with Crippen LogP contribution in [-0.2, 0) is 19.5 Å². The van der Waals surface area contributed by atoms with Gasteiger partial charge in [-0.3, -0.25) is 9.78 Å². The number of aromatic nitrogens is 2. The zero-order chi connectivity index (χ0) is 7.68. The number of fused-ring (bicyclic) bond motifs is 1. The van der Waals surface area contributed by atoms with Crippen LogP contribution in [0.1, 0.15) is 0 Å². The van der Waals surface area contributed by atoms with Crippen LogP contribution in [0.2, 0.25) is 0 Å². The molecule has 12 heavy (non-hydrogen) atoms. The van der Waals surface area contributed by atoms with Gasteiger partial charge in [0.2, 0.25) is 5.56 Å². The number of para-hydroxylation sites is 1. The minimum atomic E-state index is -0.119. The van der Waals surface area contributed by atoms with Crippen molar-refractivity contribution in [2.24, 2.45) is 0 Å². The molecule has 0 spiro atoms. The third-order valence-corrected chi connectivity index (χ3v) is 1.47. The van der Waals surface area contributed by atoms with Gasteiger partial charge in [0.1, 0.15) is 0 Å². The average Bonchev–Trinajstić information content (AvgIpc) is 2.06. The third-order valence-electron chi connectivity index (χ3n) is 1.47. The average molecular weight is 248 g/mol. The standard InChI is InChI=1S/C8H5N2O.Rh/c11-8-6-3-1-2-4-7(6)9-5-10-8;/h1-3,5H,(H,9,10,11);/q-1;. The fourth-order valence-electron chi connectivity index (χ4n) is 0.951. The summed E-state index contributed by atoms with van der Waals surface area (Å²) < 4.78 is 0. The molecule has 1 N–H and O–H groups in total. The number of H-pyrrole nitrogens is 1. The first-order valence-corrected chi connectivity index (χ1v) is 3.22. The van der Waals surface area contributed by atoms with E-state index in [1.165, 1.54) is 6.33 Å². The molecule has 0 aliphatic rings. The molecule has 1 aromatic heterocycles. The normalized spacial score (nSPS) is 9.33. The molecular weight excluding hydrogens is 243 g/mol. The molecule has 1 radical (unpaired) electrons. The Balaban J connectivity index is 0.000000720. The Morgan fingerprint density at radius 1 is 1.50 bits per heavy atom. The molecule has 1 heterocycles. The summed E-state index contributed by atoms with van der Waals surface area (Å²) in [5, 5.41) is 0.579. The molecule has 0 saturated heterocycles. The maximum absolute atomic E-state index is 11.1. The summed E-state index contributed by atoms with van der Waals surface area (Å²) >= 11 is 0. The van der Waals surface area contributed by atoms with Crippen molar-refractivity contribution < 1.29 is 19.5 Å². The molecule has 0 aliphatic carbocycles. The maximum atomic E-state index is 11.1. The van der Waals surface area contributed by atoms with E-state index in [-0.39, 0.29) is 25.0 Å². The molecule has 0 atom stereocenters. The number of nitrogens with zero attached hydrogens (tertiary/aromatic N) is 1. The minimum Gasteiger partial charge on any atom is -0.323 e. The van der Waals surface area contributed by atoms with Crippen molar-refractivity contribution in [3.05, 3.63) is 40.9 Å². The zero-order valence-corrected chi connectivity index (χ0v) is 7.64. The van der Waals surface area contributed by atoms with E-state index < -0.39 is 0 Å². The van der Waals surface area contributed by atoms with E-state index in [0.29, 0.717) is 10.9 Å². The summed E-state index contributed by atoms with van der Waals surface area (Å²) in [4.78, 5) is 17.5.